The van der Waals surface area contributed by atoms with Gasteiger partial charge in [-0.3, -0.25) is 0 Å². The molecule has 13 heavy (non-hydrogen) atoms. The van der Waals surface area contributed by atoms with Gasteiger partial charge < -0.3 is 5.73 Å². The fourth-order valence-corrected chi connectivity index (χ4v) is 1.33. The number of benzene rings is 1. The summed E-state index contributed by atoms with van der Waals surface area (Å²) in [7, 11) is 0. The van der Waals surface area contributed by atoms with Crippen LogP contribution in [0.25, 0.3) is 0 Å². The van der Waals surface area contributed by atoms with Crippen molar-refractivity contribution in [3.8, 4) is 0 Å². The van der Waals surface area contributed by atoms with Crippen molar-refractivity contribution in [1.29, 1.82) is 0 Å². The Morgan fingerprint density at radius 1 is 1.62 bits per heavy atom. The average Bonchev–Trinajstić information content (AvgIpc) is 2.16. The zero-order valence-corrected chi connectivity index (χ0v) is 7.76. The summed E-state index contributed by atoms with van der Waals surface area (Å²) in [6.07, 6.45) is 2.48. The molecule has 2 N–H and O–H groups in total. The predicted molar refractivity (Wildman–Crippen MR) is 52.9 cm³/mol. The minimum absolute atomic E-state index is 0.246. The summed E-state index contributed by atoms with van der Waals surface area (Å²) in [5.74, 6) is -0.246. The molecule has 70 valence electrons. The number of rotatable bonds is 3. The Balaban J connectivity index is 3.14. The van der Waals surface area contributed by atoms with E-state index in [4.69, 9.17) is 5.73 Å². The van der Waals surface area contributed by atoms with E-state index in [9.17, 15) is 4.39 Å². The first-order valence-electron chi connectivity index (χ1n) is 4.35. The summed E-state index contributed by atoms with van der Waals surface area (Å²) in [6.45, 7) is 5.61. The lowest BCUT2D eigenvalue weighted by atomic mass is 9.99. The first kappa shape index (κ1) is 9.93. The molecule has 0 unspecified atom stereocenters. The van der Waals surface area contributed by atoms with Gasteiger partial charge in [-0.2, -0.15) is 0 Å². The Kier molecular flexibility index (Phi) is 3.20. The standard InChI is InChI=1S/C11H14FN/c1-3-8-5-6-9(12)7-10(8)11(13)4-2/h4-7,11H,2-3,13H2,1H3/t11-/m1/s1. The van der Waals surface area contributed by atoms with Crippen LogP contribution in [0.15, 0.2) is 30.9 Å². The summed E-state index contributed by atoms with van der Waals surface area (Å²) < 4.78 is 12.9. The smallest absolute Gasteiger partial charge is 0.123 e. The molecule has 1 rings (SSSR count). The van der Waals surface area contributed by atoms with Crippen LogP contribution in [-0.2, 0) is 6.42 Å². The third-order valence-electron chi connectivity index (χ3n) is 2.10. The lowest BCUT2D eigenvalue weighted by molar-refractivity contribution is 0.622. The third kappa shape index (κ3) is 2.16. The van der Waals surface area contributed by atoms with E-state index in [0.717, 1.165) is 17.5 Å². The lowest BCUT2D eigenvalue weighted by Gasteiger charge is -2.11. The molecular weight excluding hydrogens is 165 g/mol. The molecule has 1 aromatic rings. The molecule has 0 aliphatic carbocycles. The fraction of sp³-hybridized carbons (Fsp3) is 0.273. The first-order chi connectivity index (χ1) is 6.19. The number of aryl methyl sites for hydroxylation is 1. The maximum absolute atomic E-state index is 12.9. The second-order valence-corrected chi connectivity index (χ2v) is 2.96. The maximum atomic E-state index is 12.9. The van der Waals surface area contributed by atoms with E-state index < -0.39 is 0 Å². The van der Waals surface area contributed by atoms with Crippen LogP contribution >= 0.6 is 0 Å². The predicted octanol–water partition coefficient (Wildman–Crippen LogP) is 2.57. The van der Waals surface area contributed by atoms with Crippen LogP contribution in [0, 0.1) is 5.82 Å². The van der Waals surface area contributed by atoms with E-state index in [1.54, 1.807) is 12.1 Å². The van der Waals surface area contributed by atoms with E-state index in [1.165, 1.54) is 12.1 Å². The summed E-state index contributed by atoms with van der Waals surface area (Å²) in [4.78, 5) is 0. The summed E-state index contributed by atoms with van der Waals surface area (Å²) in [6, 6.07) is 4.43. The lowest BCUT2D eigenvalue weighted by Crippen LogP contribution is -2.09. The van der Waals surface area contributed by atoms with E-state index in [2.05, 4.69) is 6.58 Å². The molecule has 0 aliphatic rings. The van der Waals surface area contributed by atoms with Crippen molar-refractivity contribution in [1.82, 2.24) is 0 Å². The molecule has 0 radical (unpaired) electrons. The van der Waals surface area contributed by atoms with Crippen LogP contribution in [0.5, 0.6) is 0 Å². The number of halogens is 1. The van der Waals surface area contributed by atoms with Gasteiger partial charge in [0.15, 0.2) is 0 Å². The Hall–Kier alpha value is -1.15. The molecule has 0 heterocycles. The van der Waals surface area contributed by atoms with Gasteiger partial charge in [-0.25, -0.2) is 4.39 Å². The van der Waals surface area contributed by atoms with E-state index in [0.29, 0.717) is 0 Å². The largest absolute Gasteiger partial charge is 0.321 e. The molecule has 0 aliphatic heterocycles. The average molecular weight is 179 g/mol. The third-order valence-corrected chi connectivity index (χ3v) is 2.10. The van der Waals surface area contributed by atoms with Crippen molar-refractivity contribution in [3.05, 3.63) is 47.8 Å². The second kappa shape index (κ2) is 4.19. The molecule has 1 nitrogen and oxygen atoms in total. The Labute approximate surface area is 78.1 Å². The summed E-state index contributed by atoms with van der Waals surface area (Å²) in [5.41, 5.74) is 7.66. The van der Waals surface area contributed by atoms with Gasteiger partial charge in [-0.05, 0) is 29.7 Å². The minimum atomic E-state index is -0.273. The van der Waals surface area contributed by atoms with Crippen molar-refractivity contribution >= 4 is 0 Å². The first-order valence-corrected chi connectivity index (χ1v) is 4.35. The Morgan fingerprint density at radius 2 is 2.31 bits per heavy atom. The van der Waals surface area contributed by atoms with Crippen LogP contribution in [0.2, 0.25) is 0 Å². The van der Waals surface area contributed by atoms with Crippen LogP contribution in [0.4, 0.5) is 4.39 Å². The normalized spacial score (nSPS) is 12.5. The maximum Gasteiger partial charge on any atom is 0.123 e. The van der Waals surface area contributed by atoms with Crippen molar-refractivity contribution in [2.75, 3.05) is 0 Å². The van der Waals surface area contributed by atoms with E-state index in [-0.39, 0.29) is 11.9 Å². The topological polar surface area (TPSA) is 26.0 Å². The fourth-order valence-electron chi connectivity index (χ4n) is 1.33. The molecule has 1 aromatic carbocycles. The van der Waals surface area contributed by atoms with E-state index in [1.807, 2.05) is 6.92 Å². The van der Waals surface area contributed by atoms with Gasteiger partial charge in [0.25, 0.3) is 0 Å². The van der Waals surface area contributed by atoms with Gasteiger partial charge in [0, 0.05) is 6.04 Å². The highest BCUT2D eigenvalue weighted by Crippen LogP contribution is 2.18. The SMILES string of the molecule is C=C[C@@H](N)c1cc(F)ccc1CC. The summed E-state index contributed by atoms with van der Waals surface area (Å²) >= 11 is 0. The molecule has 0 saturated heterocycles. The zero-order valence-electron chi connectivity index (χ0n) is 7.76. The van der Waals surface area contributed by atoms with Crippen LogP contribution < -0.4 is 5.73 Å². The van der Waals surface area contributed by atoms with Gasteiger partial charge in [-0.1, -0.05) is 19.1 Å². The molecule has 0 amide bonds. The molecular formula is C11H14FN. The van der Waals surface area contributed by atoms with Crippen LogP contribution in [0.3, 0.4) is 0 Å². The quantitative estimate of drug-likeness (QED) is 0.709. The monoisotopic (exact) mass is 179 g/mol. The Morgan fingerprint density at radius 3 is 2.85 bits per heavy atom. The number of nitrogens with two attached hydrogens (primary N) is 1. The van der Waals surface area contributed by atoms with Crippen molar-refractivity contribution in [2.24, 2.45) is 5.73 Å². The minimum Gasteiger partial charge on any atom is -0.321 e. The molecule has 2 heteroatoms. The Bertz CT molecular complexity index is 307. The van der Waals surface area contributed by atoms with Gasteiger partial charge in [0.05, 0.1) is 0 Å². The highest BCUT2D eigenvalue weighted by molar-refractivity contribution is 5.32. The van der Waals surface area contributed by atoms with Crippen LogP contribution in [0.1, 0.15) is 24.1 Å². The number of hydrogen-bond acceptors (Lipinski definition) is 1. The molecule has 0 spiro atoms. The van der Waals surface area contributed by atoms with Crippen molar-refractivity contribution in [2.45, 2.75) is 19.4 Å². The molecule has 0 aromatic heterocycles. The van der Waals surface area contributed by atoms with Gasteiger partial charge in [0.1, 0.15) is 5.82 Å². The summed E-state index contributed by atoms with van der Waals surface area (Å²) in [5, 5.41) is 0. The van der Waals surface area contributed by atoms with Crippen molar-refractivity contribution < 1.29 is 4.39 Å². The zero-order chi connectivity index (χ0) is 9.84. The molecule has 1 atom stereocenters. The highest BCUT2D eigenvalue weighted by Gasteiger charge is 2.07. The van der Waals surface area contributed by atoms with Crippen LogP contribution in [-0.4, -0.2) is 0 Å². The highest BCUT2D eigenvalue weighted by atomic mass is 19.1. The van der Waals surface area contributed by atoms with Crippen molar-refractivity contribution in [3.63, 3.8) is 0 Å². The van der Waals surface area contributed by atoms with Gasteiger partial charge in [-0.15, -0.1) is 6.58 Å². The van der Waals surface area contributed by atoms with Gasteiger partial charge >= 0.3 is 0 Å². The number of hydrogen-bond donors (Lipinski definition) is 1. The van der Waals surface area contributed by atoms with Gasteiger partial charge in [0.2, 0.25) is 0 Å². The molecule has 0 bridgehead atoms. The molecule has 0 saturated carbocycles. The van der Waals surface area contributed by atoms with E-state index >= 15 is 0 Å². The second-order valence-electron chi connectivity index (χ2n) is 2.96. The molecule has 0 fully saturated rings.